The molecule has 9 atom stereocenters. The highest BCUT2D eigenvalue weighted by Gasteiger charge is 2.55. The molecule has 0 unspecified atom stereocenters. The number of esters is 1. The van der Waals surface area contributed by atoms with Crippen LogP contribution in [-0.4, -0.2) is 23.1 Å². The standard InChI is InChI=1S/C31H52O4/c1-20(2)9-8-10-21(3)22(4)30(6)18-16-27-26(23(30)5)12-11-24-19-25(15-17-31(24,27)7)35-29(34)14-13-28(32)33/h16,18,20-27H,8-15,17,19H2,1-7H3,(H,32,33)/t21-,22-,23+,24-,25+,26+,27+,30-,31+/m1/s1. The van der Waals surface area contributed by atoms with Crippen LogP contribution in [0.5, 0.6) is 0 Å². The summed E-state index contributed by atoms with van der Waals surface area (Å²) in [6.45, 7) is 17.2. The van der Waals surface area contributed by atoms with Crippen LogP contribution >= 0.6 is 0 Å². The van der Waals surface area contributed by atoms with Crippen molar-refractivity contribution >= 4 is 11.9 Å². The quantitative estimate of drug-likeness (QED) is 0.251. The lowest BCUT2D eigenvalue weighted by atomic mass is 9.45. The Morgan fingerprint density at radius 1 is 1.06 bits per heavy atom. The summed E-state index contributed by atoms with van der Waals surface area (Å²) in [5.41, 5.74) is 0.517. The molecular weight excluding hydrogens is 436 g/mol. The van der Waals surface area contributed by atoms with Crippen molar-refractivity contribution in [3.05, 3.63) is 12.2 Å². The molecule has 0 aromatic carbocycles. The molecule has 200 valence electrons. The Kier molecular flexibility index (Phi) is 9.19. The molecule has 0 radical (unpaired) electrons. The van der Waals surface area contributed by atoms with E-state index >= 15 is 0 Å². The van der Waals surface area contributed by atoms with Crippen LogP contribution in [-0.2, 0) is 14.3 Å². The van der Waals surface area contributed by atoms with E-state index in [9.17, 15) is 9.59 Å². The van der Waals surface area contributed by atoms with Crippen LogP contribution in [0.4, 0.5) is 0 Å². The topological polar surface area (TPSA) is 63.6 Å². The minimum Gasteiger partial charge on any atom is -0.481 e. The van der Waals surface area contributed by atoms with Gasteiger partial charge in [-0.1, -0.05) is 79.9 Å². The Hall–Kier alpha value is -1.32. The minimum atomic E-state index is -0.944. The van der Waals surface area contributed by atoms with Crippen LogP contribution < -0.4 is 0 Å². The van der Waals surface area contributed by atoms with Crippen molar-refractivity contribution in [2.45, 2.75) is 119 Å². The number of carbonyl (C=O) groups is 2. The van der Waals surface area contributed by atoms with Crippen LogP contribution in [0.15, 0.2) is 12.2 Å². The van der Waals surface area contributed by atoms with Crippen LogP contribution in [0, 0.1) is 52.3 Å². The molecule has 0 amide bonds. The fourth-order valence-corrected chi connectivity index (χ4v) is 8.02. The minimum absolute atomic E-state index is 0.0224. The van der Waals surface area contributed by atoms with Gasteiger partial charge in [0.1, 0.15) is 6.10 Å². The van der Waals surface area contributed by atoms with E-state index < -0.39 is 5.97 Å². The van der Waals surface area contributed by atoms with Gasteiger partial charge in [-0.15, -0.1) is 0 Å². The van der Waals surface area contributed by atoms with Gasteiger partial charge >= 0.3 is 11.9 Å². The molecule has 0 aliphatic heterocycles. The van der Waals surface area contributed by atoms with Crippen molar-refractivity contribution in [2.24, 2.45) is 52.3 Å². The van der Waals surface area contributed by atoms with E-state index in [-0.39, 0.29) is 35.7 Å². The molecular formula is C31H52O4. The van der Waals surface area contributed by atoms with Gasteiger partial charge in [-0.05, 0) is 84.4 Å². The van der Waals surface area contributed by atoms with Gasteiger partial charge < -0.3 is 9.84 Å². The number of aliphatic carboxylic acids is 1. The summed E-state index contributed by atoms with van der Waals surface area (Å²) in [6.07, 6.45) is 14.4. The monoisotopic (exact) mass is 488 g/mol. The van der Waals surface area contributed by atoms with Gasteiger partial charge in [0.05, 0.1) is 12.8 Å². The molecule has 4 heteroatoms. The first kappa shape index (κ1) is 28.3. The van der Waals surface area contributed by atoms with Crippen LogP contribution in [0.2, 0.25) is 0 Å². The maximum absolute atomic E-state index is 12.1. The van der Waals surface area contributed by atoms with E-state index in [4.69, 9.17) is 9.84 Å². The van der Waals surface area contributed by atoms with Crippen molar-refractivity contribution in [1.29, 1.82) is 0 Å². The Labute approximate surface area is 214 Å². The van der Waals surface area contributed by atoms with Crippen molar-refractivity contribution in [2.75, 3.05) is 0 Å². The first-order chi connectivity index (χ1) is 16.4. The van der Waals surface area contributed by atoms with E-state index in [1.807, 2.05) is 0 Å². The molecule has 3 aliphatic rings. The molecule has 2 saturated carbocycles. The van der Waals surface area contributed by atoms with Crippen LogP contribution in [0.3, 0.4) is 0 Å². The first-order valence-corrected chi connectivity index (χ1v) is 14.5. The molecule has 0 bridgehead atoms. The summed E-state index contributed by atoms with van der Waals surface area (Å²) in [7, 11) is 0. The Morgan fingerprint density at radius 3 is 2.43 bits per heavy atom. The van der Waals surface area contributed by atoms with Gasteiger partial charge in [0.2, 0.25) is 0 Å². The van der Waals surface area contributed by atoms with Gasteiger partial charge in [-0.25, -0.2) is 0 Å². The summed E-state index contributed by atoms with van der Waals surface area (Å²) < 4.78 is 5.71. The number of hydrogen-bond donors (Lipinski definition) is 1. The predicted molar refractivity (Wildman–Crippen MR) is 142 cm³/mol. The zero-order valence-electron chi connectivity index (χ0n) is 23.5. The largest absolute Gasteiger partial charge is 0.481 e. The molecule has 1 N–H and O–H groups in total. The molecule has 0 spiro atoms. The molecule has 4 nitrogen and oxygen atoms in total. The average Bonchev–Trinajstić information content (AvgIpc) is 2.79. The SMILES string of the molecule is CC(C)CCC[C@@H](C)[C@@H](C)[C@@]1(C)C=C[C@H]2[C@@H](CC[C@@H]3C[C@@H](OC(=O)CCC(=O)O)CC[C@@]32C)[C@@H]1C. The van der Waals surface area contributed by atoms with Crippen LogP contribution in [0.25, 0.3) is 0 Å². The van der Waals surface area contributed by atoms with Gasteiger partial charge in [0.25, 0.3) is 0 Å². The predicted octanol–water partition coefficient (Wildman–Crippen LogP) is 7.91. The summed E-state index contributed by atoms with van der Waals surface area (Å²) in [5.74, 6) is 3.49. The number of carbonyl (C=O) groups excluding carboxylic acids is 1. The highest BCUT2D eigenvalue weighted by atomic mass is 16.5. The lowest BCUT2D eigenvalue weighted by molar-refractivity contribution is -0.159. The maximum atomic E-state index is 12.1. The fourth-order valence-electron chi connectivity index (χ4n) is 8.02. The number of fused-ring (bicyclic) bond motifs is 3. The van der Waals surface area contributed by atoms with Crippen molar-refractivity contribution in [3.63, 3.8) is 0 Å². The molecule has 0 aromatic heterocycles. The normalized spacial score (nSPS) is 38.3. The molecule has 2 fully saturated rings. The second-order valence-corrected chi connectivity index (χ2v) is 13.4. The van der Waals surface area contributed by atoms with Crippen molar-refractivity contribution in [3.8, 4) is 0 Å². The lowest BCUT2D eigenvalue weighted by Gasteiger charge is -2.60. The zero-order chi connectivity index (χ0) is 26.0. The molecule has 3 rings (SSSR count). The lowest BCUT2D eigenvalue weighted by Crippen LogP contribution is -2.53. The second kappa shape index (κ2) is 11.4. The first-order valence-electron chi connectivity index (χ1n) is 14.5. The molecule has 0 heterocycles. The number of carboxylic acids is 1. The third-order valence-corrected chi connectivity index (χ3v) is 11.0. The molecule has 3 aliphatic carbocycles. The van der Waals surface area contributed by atoms with Crippen molar-refractivity contribution < 1.29 is 19.4 Å². The highest BCUT2D eigenvalue weighted by Crippen LogP contribution is 2.62. The van der Waals surface area contributed by atoms with Crippen LogP contribution in [0.1, 0.15) is 113 Å². The van der Waals surface area contributed by atoms with E-state index in [2.05, 4.69) is 60.6 Å². The zero-order valence-corrected chi connectivity index (χ0v) is 23.5. The van der Waals surface area contributed by atoms with Gasteiger partial charge in [-0.3, -0.25) is 9.59 Å². The average molecular weight is 489 g/mol. The van der Waals surface area contributed by atoms with E-state index in [0.717, 1.165) is 37.0 Å². The van der Waals surface area contributed by atoms with E-state index in [0.29, 0.717) is 23.7 Å². The Bertz CT molecular complexity index is 772. The summed E-state index contributed by atoms with van der Waals surface area (Å²) >= 11 is 0. The number of ether oxygens (including phenoxy) is 1. The third-order valence-electron chi connectivity index (χ3n) is 11.0. The van der Waals surface area contributed by atoms with Gasteiger partial charge in [-0.2, -0.15) is 0 Å². The molecule has 0 saturated heterocycles. The summed E-state index contributed by atoms with van der Waals surface area (Å²) in [4.78, 5) is 22.9. The number of hydrogen-bond acceptors (Lipinski definition) is 3. The molecule has 0 aromatic rings. The third kappa shape index (κ3) is 6.16. The van der Waals surface area contributed by atoms with E-state index in [1.165, 1.54) is 32.1 Å². The van der Waals surface area contributed by atoms with Crippen molar-refractivity contribution in [1.82, 2.24) is 0 Å². The maximum Gasteiger partial charge on any atom is 0.306 e. The Morgan fingerprint density at radius 2 is 1.77 bits per heavy atom. The Balaban J connectivity index is 1.66. The number of rotatable bonds is 10. The number of carboxylic acid groups (broad SMARTS) is 1. The van der Waals surface area contributed by atoms with E-state index in [1.54, 1.807) is 0 Å². The smallest absolute Gasteiger partial charge is 0.306 e. The molecule has 35 heavy (non-hydrogen) atoms. The summed E-state index contributed by atoms with van der Waals surface area (Å²) in [6, 6.07) is 0. The summed E-state index contributed by atoms with van der Waals surface area (Å²) in [5, 5.41) is 8.83. The fraction of sp³-hybridized carbons (Fsp3) is 0.871. The highest BCUT2D eigenvalue weighted by molar-refractivity contribution is 5.76. The van der Waals surface area contributed by atoms with Gasteiger partial charge in [0, 0.05) is 0 Å². The second-order valence-electron chi connectivity index (χ2n) is 13.4. The number of allylic oxidation sites excluding steroid dienone is 2. The van der Waals surface area contributed by atoms with Gasteiger partial charge in [0.15, 0.2) is 0 Å².